The number of hydrogen-bond donors (Lipinski definition) is 1. The Balaban J connectivity index is 2.04. The van der Waals surface area contributed by atoms with Crippen molar-refractivity contribution in [3.63, 3.8) is 0 Å². The van der Waals surface area contributed by atoms with E-state index in [4.69, 9.17) is 22.1 Å². The van der Waals surface area contributed by atoms with Gasteiger partial charge in [-0.05, 0) is 42.3 Å². The Morgan fingerprint density at radius 2 is 1.89 bits per heavy atom. The lowest BCUT2D eigenvalue weighted by Crippen LogP contribution is -2.05. The van der Waals surface area contributed by atoms with Crippen LogP contribution in [0.15, 0.2) is 46.9 Å². The van der Waals surface area contributed by atoms with Gasteiger partial charge in [0.1, 0.15) is 12.4 Å². The smallest absolute Gasteiger partial charge is 0.120 e. The second-order valence-corrected chi connectivity index (χ2v) is 5.68. The Morgan fingerprint density at radius 3 is 2.47 bits per heavy atom. The van der Waals surface area contributed by atoms with E-state index in [1.807, 2.05) is 49.4 Å². The van der Waals surface area contributed by atoms with E-state index in [2.05, 4.69) is 15.9 Å². The van der Waals surface area contributed by atoms with Crippen molar-refractivity contribution in [3.05, 3.63) is 63.1 Å². The molecule has 2 rings (SSSR count). The molecule has 2 nitrogen and oxygen atoms in total. The van der Waals surface area contributed by atoms with Gasteiger partial charge in [-0.1, -0.05) is 45.7 Å². The molecule has 0 aliphatic rings. The molecule has 4 heteroatoms. The highest BCUT2D eigenvalue weighted by Crippen LogP contribution is 2.27. The van der Waals surface area contributed by atoms with Gasteiger partial charge in [-0.15, -0.1) is 0 Å². The summed E-state index contributed by atoms with van der Waals surface area (Å²) in [6.45, 7) is 2.47. The summed E-state index contributed by atoms with van der Waals surface area (Å²) in [5.74, 6) is 0.811. The van der Waals surface area contributed by atoms with Crippen LogP contribution in [-0.2, 0) is 6.61 Å². The summed E-state index contributed by atoms with van der Waals surface area (Å²) < 4.78 is 6.70. The van der Waals surface area contributed by atoms with Crippen LogP contribution in [0.5, 0.6) is 5.75 Å². The Kier molecular flexibility index (Phi) is 4.86. The van der Waals surface area contributed by atoms with Gasteiger partial charge in [0, 0.05) is 15.5 Å². The number of ether oxygens (including phenoxy) is 1. The number of rotatable bonds is 4. The molecule has 1 atom stereocenters. The van der Waals surface area contributed by atoms with E-state index in [1.54, 1.807) is 0 Å². The predicted octanol–water partition coefficient (Wildman–Crippen LogP) is 4.70. The molecule has 0 fully saturated rings. The summed E-state index contributed by atoms with van der Waals surface area (Å²) >= 11 is 9.34. The first-order chi connectivity index (χ1) is 9.06. The Hall–Kier alpha value is -1.03. The molecule has 2 aromatic rings. The minimum absolute atomic E-state index is 0.000287. The maximum Gasteiger partial charge on any atom is 0.120 e. The van der Waals surface area contributed by atoms with E-state index < -0.39 is 0 Å². The van der Waals surface area contributed by atoms with Crippen LogP contribution >= 0.6 is 27.5 Å². The first-order valence-corrected chi connectivity index (χ1v) is 7.15. The van der Waals surface area contributed by atoms with Crippen molar-refractivity contribution in [1.82, 2.24) is 0 Å². The maximum atomic E-state index is 5.86. The molecule has 0 unspecified atom stereocenters. The third-order valence-electron chi connectivity index (χ3n) is 2.78. The highest BCUT2D eigenvalue weighted by atomic mass is 79.9. The van der Waals surface area contributed by atoms with Crippen molar-refractivity contribution >= 4 is 27.5 Å². The molecular weight excluding hydrogens is 326 g/mol. The highest BCUT2D eigenvalue weighted by molar-refractivity contribution is 9.10. The molecule has 0 bridgehead atoms. The Labute approximate surface area is 126 Å². The van der Waals surface area contributed by atoms with Crippen LogP contribution in [0.3, 0.4) is 0 Å². The van der Waals surface area contributed by atoms with Crippen LogP contribution in [0, 0.1) is 0 Å². The first kappa shape index (κ1) is 14.4. The molecule has 0 aromatic heterocycles. The van der Waals surface area contributed by atoms with E-state index in [1.165, 1.54) is 0 Å². The average molecular weight is 341 g/mol. The molecule has 0 aliphatic heterocycles. The quantitative estimate of drug-likeness (QED) is 0.875. The summed E-state index contributed by atoms with van der Waals surface area (Å²) in [7, 11) is 0. The van der Waals surface area contributed by atoms with Gasteiger partial charge in [-0.2, -0.15) is 0 Å². The van der Waals surface area contributed by atoms with Gasteiger partial charge in [0.15, 0.2) is 0 Å². The Morgan fingerprint density at radius 1 is 1.21 bits per heavy atom. The molecule has 0 aliphatic carbocycles. The van der Waals surface area contributed by atoms with Gasteiger partial charge in [0.05, 0.1) is 0 Å². The van der Waals surface area contributed by atoms with E-state index in [9.17, 15) is 0 Å². The first-order valence-electron chi connectivity index (χ1n) is 5.98. The van der Waals surface area contributed by atoms with Gasteiger partial charge in [-0.25, -0.2) is 0 Å². The zero-order valence-electron chi connectivity index (χ0n) is 10.6. The van der Waals surface area contributed by atoms with E-state index in [0.29, 0.717) is 6.61 Å². The third-order valence-corrected chi connectivity index (χ3v) is 3.72. The van der Waals surface area contributed by atoms with Crippen molar-refractivity contribution in [3.8, 4) is 5.75 Å². The monoisotopic (exact) mass is 339 g/mol. The molecule has 2 N–H and O–H groups in total. The minimum Gasteiger partial charge on any atom is -0.489 e. The molecule has 0 radical (unpaired) electrons. The van der Waals surface area contributed by atoms with Gasteiger partial charge in [-0.3, -0.25) is 0 Å². The molecule has 0 saturated heterocycles. The van der Waals surface area contributed by atoms with E-state index >= 15 is 0 Å². The molecule has 0 saturated carbocycles. The second kappa shape index (κ2) is 6.42. The summed E-state index contributed by atoms with van der Waals surface area (Å²) in [6, 6.07) is 13.5. The van der Waals surface area contributed by atoms with Crippen molar-refractivity contribution in [2.75, 3.05) is 0 Å². The molecular formula is C15H15BrClNO. The van der Waals surface area contributed by atoms with Gasteiger partial charge in [0.2, 0.25) is 0 Å². The second-order valence-electron chi connectivity index (χ2n) is 4.39. The van der Waals surface area contributed by atoms with Crippen LogP contribution < -0.4 is 10.5 Å². The van der Waals surface area contributed by atoms with Gasteiger partial charge < -0.3 is 10.5 Å². The highest BCUT2D eigenvalue weighted by Gasteiger charge is 2.06. The summed E-state index contributed by atoms with van der Waals surface area (Å²) in [6.07, 6.45) is 0. The number of nitrogens with two attached hydrogens (primary N) is 1. The predicted molar refractivity (Wildman–Crippen MR) is 82.5 cm³/mol. The van der Waals surface area contributed by atoms with Crippen LogP contribution in [0.1, 0.15) is 24.1 Å². The third kappa shape index (κ3) is 3.96. The Bertz CT molecular complexity index is 555. The molecule has 2 aromatic carbocycles. The standard InChI is InChI=1S/C15H15BrClNO/c1-10(18)14-7-6-13(8-15(14)16)19-9-11-2-4-12(17)5-3-11/h2-8,10H,9,18H2,1H3/t10-/m0/s1. The van der Waals surface area contributed by atoms with Gasteiger partial charge in [0.25, 0.3) is 0 Å². The summed E-state index contributed by atoms with van der Waals surface area (Å²) in [5, 5.41) is 0.729. The van der Waals surface area contributed by atoms with E-state index in [-0.39, 0.29) is 6.04 Å². The normalized spacial score (nSPS) is 12.2. The average Bonchev–Trinajstić information content (AvgIpc) is 2.37. The fourth-order valence-corrected chi connectivity index (χ4v) is 2.56. The van der Waals surface area contributed by atoms with Gasteiger partial charge >= 0.3 is 0 Å². The van der Waals surface area contributed by atoms with Crippen LogP contribution in [0.25, 0.3) is 0 Å². The van der Waals surface area contributed by atoms with Crippen LogP contribution in [-0.4, -0.2) is 0 Å². The van der Waals surface area contributed by atoms with Crippen molar-refractivity contribution in [2.24, 2.45) is 5.73 Å². The number of benzene rings is 2. The number of halogens is 2. The fraction of sp³-hybridized carbons (Fsp3) is 0.200. The number of hydrogen-bond acceptors (Lipinski definition) is 2. The maximum absolute atomic E-state index is 5.86. The molecule has 0 heterocycles. The minimum atomic E-state index is -0.000287. The lowest BCUT2D eigenvalue weighted by molar-refractivity contribution is 0.306. The lowest BCUT2D eigenvalue weighted by atomic mass is 10.1. The van der Waals surface area contributed by atoms with Crippen LogP contribution in [0.2, 0.25) is 5.02 Å². The summed E-state index contributed by atoms with van der Waals surface area (Å²) in [4.78, 5) is 0. The molecule has 0 spiro atoms. The molecule has 19 heavy (non-hydrogen) atoms. The topological polar surface area (TPSA) is 35.2 Å². The summed E-state index contributed by atoms with van der Waals surface area (Å²) in [5.41, 5.74) is 8.01. The van der Waals surface area contributed by atoms with Crippen molar-refractivity contribution < 1.29 is 4.74 Å². The molecule has 0 amide bonds. The fourth-order valence-electron chi connectivity index (χ4n) is 1.71. The molecule has 100 valence electrons. The SMILES string of the molecule is C[C@H](N)c1ccc(OCc2ccc(Cl)cc2)cc1Br. The zero-order chi connectivity index (χ0) is 13.8. The van der Waals surface area contributed by atoms with Crippen LogP contribution in [0.4, 0.5) is 0 Å². The van der Waals surface area contributed by atoms with Crippen molar-refractivity contribution in [1.29, 1.82) is 0 Å². The van der Waals surface area contributed by atoms with E-state index in [0.717, 1.165) is 26.4 Å². The zero-order valence-corrected chi connectivity index (χ0v) is 12.9. The van der Waals surface area contributed by atoms with Crippen molar-refractivity contribution in [2.45, 2.75) is 19.6 Å². The lowest BCUT2D eigenvalue weighted by Gasteiger charge is -2.11. The largest absolute Gasteiger partial charge is 0.489 e.